The first-order chi connectivity index (χ1) is 18.5. The van der Waals surface area contributed by atoms with Crippen molar-refractivity contribution in [2.45, 2.75) is 82.7 Å². The number of unbranched alkanes of at least 4 members (excludes halogenated alkanes) is 3. The zero-order valence-electron chi connectivity index (χ0n) is 23.3. The number of benzene rings is 1. The molecule has 1 aliphatic carbocycles. The van der Waals surface area contributed by atoms with Crippen LogP contribution in [-0.4, -0.2) is 45.9 Å². The van der Waals surface area contributed by atoms with Gasteiger partial charge in [-0.05, 0) is 74.4 Å². The standard InChI is InChI=1S/C30H40IN3O5/c1-19(2)28(34-27(37)11-9-7-6-8-10-22-17-25(35)14-15-26(22)36)30(39)32-21(4)29(38)33-24-13-12-23(18-31-5)20(3)16-24/h10,12-16,19,21,28H,5-9,11,17-18H2,1-4H3,(H,32,39)(H,33,38)(H,34,37)/t21-,28-/m0/s1. The number of carbonyl (C=O) groups is 5. The maximum absolute atomic E-state index is 12.9. The number of amides is 3. The van der Waals surface area contributed by atoms with Crippen LogP contribution in [0.4, 0.5) is 5.69 Å². The number of hydrogen-bond donors (Lipinski definition) is 3. The number of ketones is 2. The maximum atomic E-state index is 12.9. The molecule has 0 saturated carbocycles. The van der Waals surface area contributed by atoms with E-state index in [1.54, 1.807) is 6.92 Å². The molecule has 8 nitrogen and oxygen atoms in total. The van der Waals surface area contributed by atoms with E-state index in [1.165, 1.54) is 17.7 Å². The van der Waals surface area contributed by atoms with Gasteiger partial charge in [0.15, 0.2) is 11.6 Å². The summed E-state index contributed by atoms with van der Waals surface area (Å²) < 4.78 is 4.97. The predicted octanol–water partition coefficient (Wildman–Crippen LogP) is 4.46. The Bertz CT molecular complexity index is 1160. The second-order valence-electron chi connectivity index (χ2n) is 10.1. The van der Waals surface area contributed by atoms with Crippen LogP contribution in [0.15, 0.2) is 42.0 Å². The molecule has 2 atom stereocenters. The molecule has 2 rings (SSSR count). The van der Waals surface area contributed by atoms with Gasteiger partial charge in [0.2, 0.25) is 17.7 Å². The minimum Gasteiger partial charge on any atom is -0.344 e. The van der Waals surface area contributed by atoms with E-state index in [1.807, 2.05) is 45.0 Å². The molecule has 212 valence electrons. The van der Waals surface area contributed by atoms with Gasteiger partial charge in [0.05, 0.1) is 0 Å². The Kier molecular flexibility index (Phi) is 13.4. The zero-order valence-corrected chi connectivity index (χ0v) is 25.4. The molecule has 0 spiro atoms. The third-order valence-electron chi connectivity index (χ3n) is 6.47. The molecule has 0 radical (unpaired) electrons. The van der Waals surface area contributed by atoms with E-state index in [9.17, 15) is 24.0 Å². The molecule has 3 amide bonds. The quantitative estimate of drug-likeness (QED) is 0.119. The van der Waals surface area contributed by atoms with E-state index in [0.29, 0.717) is 24.1 Å². The fourth-order valence-corrected chi connectivity index (χ4v) is 5.53. The third-order valence-corrected chi connectivity index (χ3v) is 7.83. The van der Waals surface area contributed by atoms with Crippen molar-refractivity contribution in [2.24, 2.45) is 5.92 Å². The lowest BCUT2D eigenvalue weighted by Gasteiger charge is -2.24. The van der Waals surface area contributed by atoms with E-state index >= 15 is 0 Å². The molecule has 1 aromatic carbocycles. The van der Waals surface area contributed by atoms with Crippen molar-refractivity contribution in [1.29, 1.82) is 0 Å². The molecule has 1 aliphatic rings. The Morgan fingerprint density at radius 3 is 2.44 bits per heavy atom. The lowest BCUT2D eigenvalue weighted by atomic mass is 9.97. The number of anilines is 1. The van der Waals surface area contributed by atoms with E-state index in [2.05, 4.69) is 20.5 Å². The van der Waals surface area contributed by atoms with Crippen LogP contribution in [0.2, 0.25) is 0 Å². The van der Waals surface area contributed by atoms with Gasteiger partial charge in [0.25, 0.3) is 0 Å². The lowest BCUT2D eigenvalue weighted by Crippen LogP contribution is -2.53. The van der Waals surface area contributed by atoms with E-state index in [-0.39, 0.29) is 62.9 Å². The summed E-state index contributed by atoms with van der Waals surface area (Å²) in [6, 6.07) is 4.24. The number of halogens is 1. The van der Waals surface area contributed by atoms with Gasteiger partial charge < -0.3 is 16.0 Å². The van der Waals surface area contributed by atoms with Crippen LogP contribution in [0.5, 0.6) is 0 Å². The maximum Gasteiger partial charge on any atom is 0.246 e. The first-order valence-corrected chi connectivity index (χ1v) is 16.3. The van der Waals surface area contributed by atoms with Crippen LogP contribution >= 0.6 is 20.7 Å². The van der Waals surface area contributed by atoms with Crippen molar-refractivity contribution in [3.05, 3.63) is 53.1 Å². The van der Waals surface area contributed by atoms with Crippen molar-refractivity contribution in [3.63, 3.8) is 0 Å². The summed E-state index contributed by atoms with van der Waals surface area (Å²) in [5.41, 5.74) is 3.54. The second kappa shape index (κ2) is 16.2. The predicted molar refractivity (Wildman–Crippen MR) is 164 cm³/mol. The Hall–Kier alpha value is -2.95. The first kappa shape index (κ1) is 32.3. The number of rotatable bonds is 14. The molecule has 0 heterocycles. The number of allylic oxidation sites excluding steroid dienone is 4. The summed E-state index contributed by atoms with van der Waals surface area (Å²) in [5.74, 6) is -1.31. The normalized spacial score (nSPS) is 15.8. The average Bonchev–Trinajstić information content (AvgIpc) is 2.87. The molecular weight excluding hydrogens is 609 g/mol. The molecule has 1 aromatic rings. The van der Waals surface area contributed by atoms with Gasteiger partial charge in [-0.2, -0.15) is 0 Å². The molecule has 0 saturated heterocycles. The molecule has 0 aromatic heterocycles. The average molecular weight is 650 g/mol. The zero-order chi connectivity index (χ0) is 28.9. The van der Waals surface area contributed by atoms with Crippen LogP contribution in [0, 0.1) is 12.8 Å². The summed E-state index contributed by atoms with van der Waals surface area (Å²) in [6.45, 7) is 7.30. The van der Waals surface area contributed by atoms with Crippen LogP contribution in [-0.2, 0) is 28.4 Å². The molecule has 9 heteroatoms. The minimum absolute atomic E-state index is 0.0671. The third kappa shape index (κ3) is 11.0. The van der Waals surface area contributed by atoms with Gasteiger partial charge in [-0.1, -0.05) is 36.9 Å². The Balaban J connectivity index is 1.77. The van der Waals surface area contributed by atoms with Gasteiger partial charge in [0.1, 0.15) is 12.1 Å². The monoisotopic (exact) mass is 649 g/mol. The van der Waals surface area contributed by atoms with Crippen LogP contribution in [0.3, 0.4) is 0 Å². The largest absolute Gasteiger partial charge is 0.344 e. The summed E-state index contributed by atoms with van der Waals surface area (Å²) in [7, 11) is 0. The van der Waals surface area contributed by atoms with Gasteiger partial charge >= 0.3 is 0 Å². The molecule has 3 N–H and O–H groups in total. The highest BCUT2D eigenvalue weighted by atomic mass is 127. The number of aryl methyl sites for hydroxylation is 1. The Labute approximate surface area is 241 Å². The molecule has 0 unspecified atom stereocenters. The van der Waals surface area contributed by atoms with E-state index in [4.69, 9.17) is 0 Å². The minimum atomic E-state index is -0.780. The SMILES string of the molecule is C=ICc1ccc(NC(=O)[C@H](C)NC(=O)[C@@H](NC(=O)CCCCCC=C2CC(=O)C=CC2=O)C(C)C)cc1C. The van der Waals surface area contributed by atoms with Gasteiger partial charge in [-0.25, -0.2) is 0 Å². The van der Waals surface area contributed by atoms with Crippen molar-refractivity contribution in [1.82, 2.24) is 10.6 Å². The molecule has 0 fully saturated rings. The van der Waals surface area contributed by atoms with E-state index < -0.39 is 18.0 Å². The fraction of sp³-hybridized carbons (Fsp3) is 0.467. The number of nitrogens with one attached hydrogen (secondary N) is 3. The van der Waals surface area contributed by atoms with Gasteiger partial charge in [-0.15, -0.1) is 20.7 Å². The summed E-state index contributed by atoms with van der Waals surface area (Å²) >= 11 is -0.105. The number of hydrogen-bond acceptors (Lipinski definition) is 5. The second-order valence-corrected chi connectivity index (χ2v) is 12.0. The molecular formula is C30H40IN3O5. The highest BCUT2D eigenvalue weighted by molar-refractivity contribution is 14.2. The summed E-state index contributed by atoms with van der Waals surface area (Å²) in [4.78, 5) is 61.3. The van der Waals surface area contributed by atoms with E-state index in [0.717, 1.165) is 22.8 Å². The highest BCUT2D eigenvalue weighted by Gasteiger charge is 2.27. The highest BCUT2D eigenvalue weighted by Crippen LogP contribution is 2.19. The molecule has 0 bridgehead atoms. The van der Waals surface area contributed by atoms with Crippen molar-refractivity contribution < 1.29 is 24.0 Å². The van der Waals surface area contributed by atoms with Gasteiger partial charge in [0, 0.05) is 28.5 Å². The molecule has 0 aliphatic heterocycles. The Morgan fingerprint density at radius 1 is 1.03 bits per heavy atom. The van der Waals surface area contributed by atoms with Crippen molar-refractivity contribution in [3.8, 4) is 0 Å². The van der Waals surface area contributed by atoms with Crippen molar-refractivity contribution >= 4 is 60.2 Å². The smallest absolute Gasteiger partial charge is 0.246 e. The summed E-state index contributed by atoms with van der Waals surface area (Å²) in [5, 5.41) is 8.37. The fourth-order valence-electron chi connectivity index (χ4n) is 4.09. The molecule has 39 heavy (non-hydrogen) atoms. The summed E-state index contributed by atoms with van der Waals surface area (Å²) in [6.07, 6.45) is 7.74. The van der Waals surface area contributed by atoms with Gasteiger partial charge in [-0.3, -0.25) is 24.0 Å². The van der Waals surface area contributed by atoms with Crippen LogP contribution in [0.1, 0.15) is 70.4 Å². The van der Waals surface area contributed by atoms with Crippen molar-refractivity contribution in [2.75, 3.05) is 5.32 Å². The van der Waals surface area contributed by atoms with Crippen LogP contribution in [0.25, 0.3) is 0 Å². The lowest BCUT2D eigenvalue weighted by molar-refractivity contribution is -0.131. The number of carbonyl (C=O) groups excluding carboxylic acids is 5. The first-order valence-electron chi connectivity index (χ1n) is 13.3. The Morgan fingerprint density at radius 2 is 1.77 bits per heavy atom. The number of alkyl halides is 1. The topological polar surface area (TPSA) is 121 Å². The van der Waals surface area contributed by atoms with Crippen LogP contribution < -0.4 is 16.0 Å².